The molecule has 0 atom stereocenters. The van der Waals surface area contributed by atoms with Crippen molar-refractivity contribution in [2.75, 3.05) is 7.11 Å². The van der Waals surface area contributed by atoms with E-state index in [0.717, 1.165) is 6.07 Å². The molecule has 0 aliphatic carbocycles. The smallest absolute Gasteiger partial charge is 0.166 e. The van der Waals surface area contributed by atoms with Crippen LogP contribution in [0.2, 0.25) is 0 Å². The predicted molar refractivity (Wildman–Crippen MR) is 112 cm³/mol. The number of hydrogen-bond acceptors (Lipinski definition) is 3. The topological polar surface area (TPSA) is 35.0 Å². The van der Waals surface area contributed by atoms with E-state index in [4.69, 9.17) is 4.74 Å². The molecule has 1 heterocycles. The van der Waals surface area contributed by atoms with Crippen LogP contribution in [-0.2, 0) is 12.8 Å². The highest BCUT2D eigenvalue weighted by Gasteiger charge is 2.11. The lowest BCUT2D eigenvalue weighted by Gasteiger charge is -2.05. The molecule has 0 aliphatic rings. The SMILES string of the molecule is COc1cnc(CCc2cc(F)c(C#Cc3ccc4c(F)c(F)ccc4c3)c(F)c2)nc1. The molecule has 3 aromatic carbocycles. The quantitative estimate of drug-likeness (QED) is 0.318. The van der Waals surface area contributed by atoms with E-state index in [1.54, 1.807) is 0 Å². The Morgan fingerprint density at radius 2 is 1.53 bits per heavy atom. The van der Waals surface area contributed by atoms with Gasteiger partial charge in [0.15, 0.2) is 17.4 Å². The van der Waals surface area contributed by atoms with Crippen LogP contribution >= 0.6 is 0 Å². The highest BCUT2D eigenvalue weighted by molar-refractivity contribution is 5.84. The monoisotopic (exact) mass is 436 g/mol. The molecule has 0 fully saturated rings. The van der Waals surface area contributed by atoms with Crippen LogP contribution in [0.4, 0.5) is 17.6 Å². The third-order valence-electron chi connectivity index (χ3n) is 4.90. The molecule has 0 radical (unpaired) electrons. The van der Waals surface area contributed by atoms with Crippen LogP contribution in [-0.4, -0.2) is 17.1 Å². The van der Waals surface area contributed by atoms with Crippen molar-refractivity contribution in [1.82, 2.24) is 9.97 Å². The van der Waals surface area contributed by atoms with Crippen molar-refractivity contribution in [3.05, 3.63) is 101 Å². The first-order valence-electron chi connectivity index (χ1n) is 9.67. The summed E-state index contributed by atoms with van der Waals surface area (Å²) in [5, 5.41) is 0.547. The minimum absolute atomic E-state index is 0.109. The number of rotatable bonds is 4. The Hall–Kier alpha value is -3.92. The van der Waals surface area contributed by atoms with Crippen molar-refractivity contribution in [1.29, 1.82) is 0 Å². The number of hydrogen-bond donors (Lipinski definition) is 0. The molecule has 0 saturated carbocycles. The summed E-state index contributed by atoms with van der Waals surface area (Å²) in [6, 6.07) is 9.28. The van der Waals surface area contributed by atoms with Gasteiger partial charge in [-0.15, -0.1) is 0 Å². The molecule has 0 N–H and O–H groups in total. The molecule has 0 spiro atoms. The lowest BCUT2D eigenvalue weighted by Crippen LogP contribution is -2.00. The summed E-state index contributed by atoms with van der Waals surface area (Å²) in [5.74, 6) is 2.77. The van der Waals surface area contributed by atoms with Crippen molar-refractivity contribution < 1.29 is 22.3 Å². The van der Waals surface area contributed by atoms with Gasteiger partial charge in [-0.05, 0) is 47.7 Å². The molecule has 4 rings (SSSR count). The highest BCUT2D eigenvalue weighted by Crippen LogP contribution is 2.22. The van der Waals surface area contributed by atoms with Crippen LogP contribution in [0.3, 0.4) is 0 Å². The summed E-state index contributed by atoms with van der Waals surface area (Å²) < 4.78 is 61.1. The van der Waals surface area contributed by atoms with Crippen LogP contribution < -0.4 is 4.74 Å². The molecule has 0 saturated heterocycles. The second-order valence-corrected chi connectivity index (χ2v) is 7.02. The third-order valence-corrected chi connectivity index (χ3v) is 4.90. The Morgan fingerprint density at radius 3 is 2.22 bits per heavy atom. The van der Waals surface area contributed by atoms with E-state index in [1.165, 1.54) is 55.9 Å². The molecule has 0 aliphatic heterocycles. The number of aryl methyl sites for hydroxylation is 2. The normalized spacial score (nSPS) is 10.7. The van der Waals surface area contributed by atoms with Crippen LogP contribution in [0, 0.1) is 35.1 Å². The van der Waals surface area contributed by atoms with Gasteiger partial charge in [0.25, 0.3) is 0 Å². The maximum absolute atomic E-state index is 14.5. The van der Waals surface area contributed by atoms with Gasteiger partial charge in [-0.3, -0.25) is 0 Å². The van der Waals surface area contributed by atoms with E-state index >= 15 is 0 Å². The van der Waals surface area contributed by atoms with Gasteiger partial charge in [0, 0.05) is 17.4 Å². The number of halogens is 4. The van der Waals surface area contributed by atoms with Crippen LogP contribution in [0.25, 0.3) is 10.8 Å². The second-order valence-electron chi connectivity index (χ2n) is 7.02. The number of ether oxygens (including phenoxy) is 1. The average Bonchev–Trinajstić information content (AvgIpc) is 2.80. The van der Waals surface area contributed by atoms with E-state index in [-0.39, 0.29) is 10.9 Å². The minimum Gasteiger partial charge on any atom is -0.494 e. The fraction of sp³-hybridized carbons (Fsp3) is 0.120. The van der Waals surface area contributed by atoms with Crippen LogP contribution in [0.1, 0.15) is 22.5 Å². The predicted octanol–water partition coefficient (Wildman–Crippen LogP) is 5.38. The Bertz CT molecular complexity index is 1340. The molecule has 1 aromatic heterocycles. The lowest BCUT2D eigenvalue weighted by atomic mass is 10.0. The van der Waals surface area contributed by atoms with E-state index in [2.05, 4.69) is 21.8 Å². The molecule has 4 aromatic rings. The fourth-order valence-electron chi connectivity index (χ4n) is 3.20. The zero-order valence-corrected chi connectivity index (χ0v) is 16.9. The van der Waals surface area contributed by atoms with Gasteiger partial charge in [-0.25, -0.2) is 27.5 Å². The van der Waals surface area contributed by atoms with Gasteiger partial charge in [-0.1, -0.05) is 24.0 Å². The third kappa shape index (κ3) is 4.54. The highest BCUT2D eigenvalue weighted by atomic mass is 19.2. The van der Waals surface area contributed by atoms with Gasteiger partial charge in [0.2, 0.25) is 0 Å². The first kappa shape index (κ1) is 21.3. The number of fused-ring (bicyclic) bond motifs is 1. The zero-order chi connectivity index (χ0) is 22.7. The lowest BCUT2D eigenvalue weighted by molar-refractivity contribution is 0.410. The molecular weight excluding hydrogens is 420 g/mol. The number of aromatic nitrogens is 2. The van der Waals surface area contributed by atoms with Gasteiger partial charge in [0.1, 0.15) is 17.5 Å². The first-order valence-corrected chi connectivity index (χ1v) is 9.67. The Kier molecular flexibility index (Phi) is 6.04. The molecule has 0 amide bonds. The van der Waals surface area contributed by atoms with Crippen molar-refractivity contribution in [3.63, 3.8) is 0 Å². The molecule has 32 heavy (non-hydrogen) atoms. The number of nitrogens with zero attached hydrogens (tertiary/aromatic N) is 2. The standard InChI is InChI=1S/C25H16F4N2O/c1-32-18-13-30-24(31-14-18)9-4-16-11-22(27)20(23(28)12-16)7-3-15-2-6-19-17(10-15)5-8-21(26)25(19)29/h2,5-6,8,10-14H,4,9H2,1H3. The Morgan fingerprint density at radius 1 is 0.812 bits per heavy atom. The summed E-state index contributed by atoms with van der Waals surface area (Å²) in [5.41, 5.74) is 0.510. The second kappa shape index (κ2) is 9.06. The van der Waals surface area contributed by atoms with Gasteiger partial charge >= 0.3 is 0 Å². The van der Waals surface area contributed by atoms with Crippen molar-refractivity contribution in [3.8, 4) is 17.6 Å². The molecule has 0 unspecified atom stereocenters. The first-order chi connectivity index (χ1) is 15.4. The number of benzene rings is 3. The van der Waals surface area contributed by atoms with Crippen molar-refractivity contribution >= 4 is 10.8 Å². The molecular formula is C25H16F4N2O. The van der Waals surface area contributed by atoms with Gasteiger partial charge in [0.05, 0.1) is 25.1 Å². The fourth-order valence-corrected chi connectivity index (χ4v) is 3.20. The van der Waals surface area contributed by atoms with Crippen LogP contribution in [0.5, 0.6) is 5.75 Å². The largest absolute Gasteiger partial charge is 0.494 e. The Balaban J connectivity index is 1.53. The van der Waals surface area contributed by atoms with Gasteiger partial charge < -0.3 is 4.74 Å². The summed E-state index contributed by atoms with van der Waals surface area (Å²) in [7, 11) is 1.51. The zero-order valence-electron chi connectivity index (χ0n) is 16.9. The molecule has 7 heteroatoms. The van der Waals surface area contributed by atoms with E-state index in [9.17, 15) is 17.6 Å². The Labute approximate surface area is 181 Å². The van der Waals surface area contributed by atoms with E-state index in [1.807, 2.05) is 0 Å². The summed E-state index contributed by atoms with van der Waals surface area (Å²) >= 11 is 0. The minimum atomic E-state index is -0.949. The summed E-state index contributed by atoms with van der Waals surface area (Å²) in [6.45, 7) is 0. The van der Waals surface area contributed by atoms with Crippen molar-refractivity contribution in [2.24, 2.45) is 0 Å². The van der Waals surface area contributed by atoms with Crippen molar-refractivity contribution in [2.45, 2.75) is 12.8 Å². The summed E-state index contributed by atoms with van der Waals surface area (Å²) in [4.78, 5) is 8.26. The number of methoxy groups -OCH3 is 1. The molecule has 0 bridgehead atoms. The summed E-state index contributed by atoms with van der Waals surface area (Å²) in [6.07, 6.45) is 3.81. The molecule has 160 valence electrons. The average molecular weight is 436 g/mol. The maximum atomic E-state index is 14.5. The molecule has 3 nitrogen and oxygen atoms in total. The van der Waals surface area contributed by atoms with Gasteiger partial charge in [-0.2, -0.15) is 0 Å². The van der Waals surface area contributed by atoms with E-state index < -0.39 is 23.3 Å². The van der Waals surface area contributed by atoms with E-state index in [0.29, 0.717) is 40.9 Å². The van der Waals surface area contributed by atoms with Crippen LogP contribution in [0.15, 0.2) is 54.9 Å². The maximum Gasteiger partial charge on any atom is 0.166 e.